The lowest BCUT2D eigenvalue weighted by molar-refractivity contribution is -0.162. The number of ether oxygens (including phenoxy) is 2. The molecule has 0 N–H and O–H groups in total. The zero-order valence-electron chi connectivity index (χ0n) is 18.6. The third-order valence-electron chi connectivity index (χ3n) is 8.29. The maximum Gasteiger partial charge on any atom is 0.307 e. The summed E-state index contributed by atoms with van der Waals surface area (Å²) in [6.07, 6.45) is 10.3. The van der Waals surface area contributed by atoms with Gasteiger partial charge in [0.15, 0.2) is 0 Å². The summed E-state index contributed by atoms with van der Waals surface area (Å²) >= 11 is 0. The van der Waals surface area contributed by atoms with E-state index in [-0.39, 0.29) is 35.2 Å². The first-order valence-corrected chi connectivity index (χ1v) is 11.0. The average Bonchev–Trinajstić information content (AvgIpc) is 3.01. The van der Waals surface area contributed by atoms with Crippen LogP contribution in [0, 0.1) is 28.6 Å². The van der Waals surface area contributed by atoms with E-state index in [9.17, 15) is 14.4 Å². The molecule has 0 aromatic rings. The lowest BCUT2D eigenvalue weighted by Gasteiger charge is -2.57. The van der Waals surface area contributed by atoms with Crippen molar-refractivity contribution in [3.8, 4) is 0 Å². The van der Waals surface area contributed by atoms with E-state index in [1.54, 1.807) is 6.92 Å². The largest absolute Gasteiger partial charge is 0.462 e. The van der Waals surface area contributed by atoms with E-state index in [1.807, 2.05) is 6.08 Å². The zero-order chi connectivity index (χ0) is 21.8. The van der Waals surface area contributed by atoms with Gasteiger partial charge in [-0.25, -0.2) is 0 Å². The summed E-state index contributed by atoms with van der Waals surface area (Å²) < 4.78 is 11.3. The second kappa shape index (κ2) is 7.21. The molecule has 4 rings (SSSR count). The third-order valence-corrected chi connectivity index (χ3v) is 8.29. The summed E-state index contributed by atoms with van der Waals surface area (Å²) in [5, 5.41) is 0. The minimum atomic E-state index is -0.423. The van der Waals surface area contributed by atoms with Crippen LogP contribution in [0.15, 0.2) is 35.1 Å². The molecule has 4 aliphatic carbocycles. The fourth-order valence-corrected chi connectivity index (χ4v) is 6.83. The summed E-state index contributed by atoms with van der Waals surface area (Å²) in [7, 11) is 0. The number of ketones is 1. The van der Waals surface area contributed by atoms with Crippen molar-refractivity contribution in [3.05, 3.63) is 35.1 Å². The first-order chi connectivity index (χ1) is 14.1. The molecule has 0 amide bonds. The van der Waals surface area contributed by atoms with Gasteiger partial charge in [0.2, 0.25) is 0 Å². The van der Waals surface area contributed by atoms with E-state index in [1.165, 1.54) is 25.0 Å². The zero-order valence-corrected chi connectivity index (χ0v) is 18.6. The molecular formula is C25H32O5. The maximum absolute atomic E-state index is 12.5. The van der Waals surface area contributed by atoms with Crippen molar-refractivity contribution in [2.75, 3.05) is 0 Å². The number of esters is 2. The molecule has 5 nitrogen and oxygen atoms in total. The first kappa shape index (κ1) is 21.1. The smallest absolute Gasteiger partial charge is 0.307 e. The molecule has 6 unspecified atom stereocenters. The molecule has 1 saturated carbocycles. The van der Waals surface area contributed by atoms with Gasteiger partial charge >= 0.3 is 11.9 Å². The highest BCUT2D eigenvalue weighted by atomic mass is 16.5. The lowest BCUT2D eigenvalue weighted by atomic mass is 9.48. The van der Waals surface area contributed by atoms with Crippen LogP contribution in [-0.4, -0.2) is 23.8 Å². The number of fused-ring (bicyclic) bond motifs is 5. The van der Waals surface area contributed by atoms with Gasteiger partial charge in [0.1, 0.15) is 17.6 Å². The van der Waals surface area contributed by atoms with Crippen molar-refractivity contribution in [1.82, 2.24) is 0 Å². The van der Waals surface area contributed by atoms with Crippen LogP contribution in [0.25, 0.3) is 0 Å². The minimum Gasteiger partial charge on any atom is -0.462 e. The molecule has 5 heteroatoms. The number of rotatable bonds is 3. The fourth-order valence-electron chi connectivity index (χ4n) is 6.83. The van der Waals surface area contributed by atoms with Gasteiger partial charge in [0.25, 0.3) is 0 Å². The van der Waals surface area contributed by atoms with Gasteiger partial charge in [-0.1, -0.05) is 31.6 Å². The normalized spacial score (nSPS) is 39.4. The Kier molecular flexibility index (Phi) is 5.06. The van der Waals surface area contributed by atoms with Gasteiger partial charge in [-0.05, 0) is 61.5 Å². The molecule has 0 aromatic carbocycles. The summed E-state index contributed by atoms with van der Waals surface area (Å²) in [6.45, 7) is 8.97. The van der Waals surface area contributed by atoms with Gasteiger partial charge in [-0.15, -0.1) is 0 Å². The molecule has 0 spiro atoms. The summed E-state index contributed by atoms with van der Waals surface area (Å²) in [6, 6.07) is 0. The fraction of sp³-hybridized carbons (Fsp3) is 0.640. The Balaban J connectivity index is 1.74. The van der Waals surface area contributed by atoms with Gasteiger partial charge in [0, 0.05) is 31.6 Å². The molecular weight excluding hydrogens is 380 g/mol. The van der Waals surface area contributed by atoms with Gasteiger partial charge in [0.05, 0.1) is 0 Å². The monoisotopic (exact) mass is 412 g/mol. The minimum absolute atomic E-state index is 0.0680. The van der Waals surface area contributed by atoms with Crippen molar-refractivity contribution >= 4 is 17.7 Å². The standard InChI is InChI=1S/C25H32O5/c1-14(26)20-8-9-21-19-7-6-17-12-18(29-15(2)27)10-11-24(17,4)22(19)13-23(25(20,21)5)30-16(3)28/h6,9,12,19-20,22-23H,7-8,10-11,13H2,1-5H3. The molecule has 4 aliphatic rings. The van der Waals surface area contributed by atoms with Crippen LogP contribution >= 0.6 is 0 Å². The molecule has 6 atom stereocenters. The van der Waals surface area contributed by atoms with E-state index >= 15 is 0 Å². The van der Waals surface area contributed by atoms with Crippen molar-refractivity contribution in [3.63, 3.8) is 0 Å². The number of allylic oxidation sites excluding steroid dienone is 5. The molecule has 0 saturated heterocycles. The van der Waals surface area contributed by atoms with Crippen LogP contribution in [0.3, 0.4) is 0 Å². The summed E-state index contributed by atoms with van der Waals surface area (Å²) in [5.74, 6) is 0.880. The second-order valence-corrected chi connectivity index (χ2v) is 9.90. The highest BCUT2D eigenvalue weighted by Gasteiger charge is 2.61. The predicted molar refractivity (Wildman–Crippen MR) is 112 cm³/mol. The number of carbonyl (C=O) groups is 3. The van der Waals surface area contributed by atoms with Gasteiger partial charge < -0.3 is 9.47 Å². The van der Waals surface area contributed by atoms with E-state index in [4.69, 9.17) is 9.47 Å². The Morgan fingerprint density at radius 1 is 1.03 bits per heavy atom. The van der Waals surface area contributed by atoms with Crippen LogP contribution in [0.4, 0.5) is 0 Å². The van der Waals surface area contributed by atoms with Gasteiger partial charge in [-0.2, -0.15) is 0 Å². The van der Waals surface area contributed by atoms with Crippen LogP contribution < -0.4 is 0 Å². The van der Waals surface area contributed by atoms with E-state index in [2.05, 4.69) is 26.0 Å². The average molecular weight is 413 g/mol. The number of hydrogen-bond donors (Lipinski definition) is 0. The molecule has 0 aliphatic heterocycles. The predicted octanol–water partition coefficient (Wildman–Crippen LogP) is 4.67. The summed E-state index contributed by atoms with van der Waals surface area (Å²) in [5.41, 5.74) is 2.03. The van der Waals surface area contributed by atoms with Crippen molar-refractivity contribution in [2.24, 2.45) is 28.6 Å². The molecule has 0 radical (unpaired) electrons. The molecule has 0 heterocycles. The maximum atomic E-state index is 12.5. The number of Topliss-reactive ketones (excluding diaryl/α,β-unsaturated/α-hetero) is 1. The van der Waals surface area contributed by atoms with Crippen LogP contribution in [0.2, 0.25) is 0 Å². The van der Waals surface area contributed by atoms with Crippen LogP contribution in [0.1, 0.15) is 66.7 Å². The van der Waals surface area contributed by atoms with Crippen molar-refractivity contribution < 1.29 is 23.9 Å². The Labute approximate surface area is 178 Å². The Hall–Kier alpha value is -2.17. The molecule has 162 valence electrons. The van der Waals surface area contributed by atoms with E-state index < -0.39 is 5.41 Å². The SMILES string of the molecule is CC(=O)OC1=CC2=CCC3C4=CCC(C(C)=O)C4(C)C(OC(C)=O)CC3C2(C)CC1. The quantitative estimate of drug-likeness (QED) is 0.497. The summed E-state index contributed by atoms with van der Waals surface area (Å²) in [4.78, 5) is 35.9. The van der Waals surface area contributed by atoms with Crippen molar-refractivity contribution in [1.29, 1.82) is 0 Å². The molecule has 1 fully saturated rings. The second-order valence-electron chi connectivity index (χ2n) is 9.90. The van der Waals surface area contributed by atoms with Crippen molar-refractivity contribution in [2.45, 2.75) is 72.8 Å². The first-order valence-electron chi connectivity index (χ1n) is 11.0. The number of hydrogen-bond acceptors (Lipinski definition) is 5. The van der Waals surface area contributed by atoms with Crippen LogP contribution in [0.5, 0.6) is 0 Å². The van der Waals surface area contributed by atoms with Gasteiger partial charge in [-0.3, -0.25) is 14.4 Å². The third kappa shape index (κ3) is 3.09. The molecule has 30 heavy (non-hydrogen) atoms. The highest BCUT2D eigenvalue weighted by molar-refractivity contribution is 5.81. The topological polar surface area (TPSA) is 69.7 Å². The Morgan fingerprint density at radius 3 is 2.40 bits per heavy atom. The Morgan fingerprint density at radius 2 is 1.77 bits per heavy atom. The van der Waals surface area contributed by atoms with E-state index in [0.29, 0.717) is 11.8 Å². The van der Waals surface area contributed by atoms with Crippen LogP contribution in [-0.2, 0) is 23.9 Å². The Bertz CT molecular complexity index is 893. The molecule has 0 aromatic heterocycles. The lowest BCUT2D eigenvalue weighted by Crippen LogP contribution is -2.54. The van der Waals surface area contributed by atoms with E-state index in [0.717, 1.165) is 37.9 Å². The molecule has 0 bridgehead atoms. The number of carbonyl (C=O) groups excluding carboxylic acids is 3. The highest BCUT2D eigenvalue weighted by Crippen LogP contribution is 2.64.